The Morgan fingerprint density at radius 1 is 1.43 bits per heavy atom. The van der Waals surface area contributed by atoms with E-state index in [0.29, 0.717) is 18.7 Å². The average Bonchev–Trinajstić information content (AvgIpc) is 2.95. The molecule has 0 radical (unpaired) electrons. The number of nitrogens with one attached hydrogen (secondary N) is 1. The fourth-order valence-corrected chi connectivity index (χ4v) is 2.38. The van der Waals surface area contributed by atoms with Crippen molar-refractivity contribution in [1.82, 2.24) is 14.9 Å². The molecule has 0 unspecified atom stereocenters. The molecule has 1 aromatic heterocycles. The number of rotatable bonds is 5. The molecule has 0 amide bonds. The van der Waals surface area contributed by atoms with E-state index >= 15 is 0 Å². The van der Waals surface area contributed by atoms with Crippen molar-refractivity contribution >= 4 is 5.97 Å². The SMILES string of the molecule is O=C(O)c1ccc(CNC[C@H]2Cn3ccnc3CO2)cc1. The number of ether oxygens (including phenoxy) is 1. The second-order valence-electron chi connectivity index (χ2n) is 5.06. The van der Waals surface area contributed by atoms with E-state index in [9.17, 15) is 4.79 Å². The predicted molar refractivity (Wildman–Crippen MR) is 75.9 cm³/mol. The Morgan fingerprint density at radius 3 is 3.00 bits per heavy atom. The molecule has 0 saturated heterocycles. The van der Waals surface area contributed by atoms with E-state index in [1.807, 2.05) is 18.3 Å². The number of carboxylic acid groups (broad SMARTS) is 1. The monoisotopic (exact) mass is 287 g/mol. The first-order valence-corrected chi connectivity index (χ1v) is 6.87. The lowest BCUT2D eigenvalue weighted by Crippen LogP contribution is -2.35. The molecule has 2 heterocycles. The third kappa shape index (κ3) is 3.29. The van der Waals surface area contributed by atoms with Crippen molar-refractivity contribution < 1.29 is 14.6 Å². The van der Waals surface area contributed by atoms with Crippen LogP contribution in [0.1, 0.15) is 21.7 Å². The molecule has 1 aliphatic heterocycles. The minimum absolute atomic E-state index is 0.130. The van der Waals surface area contributed by atoms with Crippen molar-refractivity contribution in [2.24, 2.45) is 0 Å². The summed E-state index contributed by atoms with van der Waals surface area (Å²) in [6.07, 6.45) is 3.89. The lowest BCUT2D eigenvalue weighted by molar-refractivity contribution is 0.00278. The highest BCUT2D eigenvalue weighted by Gasteiger charge is 2.18. The van der Waals surface area contributed by atoms with Crippen LogP contribution in [0, 0.1) is 0 Å². The van der Waals surface area contributed by atoms with Crippen molar-refractivity contribution in [3.63, 3.8) is 0 Å². The van der Waals surface area contributed by atoms with Gasteiger partial charge in [0.1, 0.15) is 12.4 Å². The van der Waals surface area contributed by atoms with Gasteiger partial charge < -0.3 is 19.7 Å². The molecule has 6 nitrogen and oxygen atoms in total. The van der Waals surface area contributed by atoms with Crippen molar-refractivity contribution in [3.05, 3.63) is 53.6 Å². The van der Waals surface area contributed by atoms with E-state index in [1.54, 1.807) is 18.3 Å². The molecule has 0 aliphatic carbocycles. The lowest BCUT2D eigenvalue weighted by Gasteiger charge is -2.24. The van der Waals surface area contributed by atoms with Gasteiger partial charge >= 0.3 is 5.97 Å². The second-order valence-corrected chi connectivity index (χ2v) is 5.06. The lowest BCUT2D eigenvalue weighted by atomic mass is 10.1. The molecule has 1 aliphatic rings. The molecule has 110 valence electrons. The molecule has 0 fully saturated rings. The van der Waals surface area contributed by atoms with Gasteiger partial charge in [0.15, 0.2) is 0 Å². The van der Waals surface area contributed by atoms with E-state index in [4.69, 9.17) is 9.84 Å². The zero-order valence-corrected chi connectivity index (χ0v) is 11.5. The minimum Gasteiger partial charge on any atom is -0.478 e. The van der Waals surface area contributed by atoms with Crippen LogP contribution in [-0.4, -0.2) is 33.3 Å². The van der Waals surface area contributed by atoms with Crippen LogP contribution in [0.25, 0.3) is 0 Å². The summed E-state index contributed by atoms with van der Waals surface area (Å²) in [6, 6.07) is 6.89. The highest BCUT2D eigenvalue weighted by Crippen LogP contribution is 2.11. The standard InChI is InChI=1S/C15H17N3O3/c19-15(20)12-3-1-11(2-4-12)7-16-8-13-9-18-6-5-17-14(18)10-21-13/h1-6,13,16H,7-10H2,(H,19,20)/t13-/m0/s1. The predicted octanol–water partition coefficient (Wildman–Crippen LogP) is 1.27. The molecule has 6 heteroatoms. The van der Waals surface area contributed by atoms with Crippen LogP contribution >= 0.6 is 0 Å². The number of benzene rings is 1. The third-order valence-corrected chi connectivity index (χ3v) is 3.55. The number of nitrogens with zero attached hydrogens (tertiary/aromatic N) is 2. The quantitative estimate of drug-likeness (QED) is 0.866. The highest BCUT2D eigenvalue weighted by molar-refractivity contribution is 5.87. The highest BCUT2D eigenvalue weighted by atomic mass is 16.5. The number of hydrogen-bond donors (Lipinski definition) is 2. The number of imidazole rings is 1. The van der Waals surface area contributed by atoms with Gasteiger partial charge in [0, 0.05) is 25.5 Å². The zero-order valence-electron chi connectivity index (χ0n) is 11.5. The maximum Gasteiger partial charge on any atom is 0.335 e. The van der Waals surface area contributed by atoms with Gasteiger partial charge in [0.2, 0.25) is 0 Å². The first kappa shape index (κ1) is 13.8. The number of aromatic nitrogens is 2. The van der Waals surface area contributed by atoms with E-state index in [1.165, 1.54) is 0 Å². The fraction of sp³-hybridized carbons (Fsp3) is 0.333. The Morgan fingerprint density at radius 2 is 2.24 bits per heavy atom. The number of carboxylic acids is 1. The van der Waals surface area contributed by atoms with E-state index in [-0.39, 0.29) is 6.10 Å². The molecule has 0 saturated carbocycles. The summed E-state index contributed by atoms with van der Waals surface area (Å²) in [5.41, 5.74) is 1.36. The Kier molecular flexibility index (Phi) is 3.98. The van der Waals surface area contributed by atoms with Crippen LogP contribution in [0.4, 0.5) is 0 Å². The van der Waals surface area contributed by atoms with E-state index < -0.39 is 5.97 Å². The third-order valence-electron chi connectivity index (χ3n) is 3.55. The van der Waals surface area contributed by atoms with Gasteiger partial charge in [0.25, 0.3) is 0 Å². The van der Waals surface area contributed by atoms with Crippen LogP contribution in [0.15, 0.2) is 36.7 Å². The largest absolute Gasteiger partial charge is 0.478 e. The number of aromatic carboxylic acids is 1. The number of fused-ring (bicyclic) bond motifs is 1. The maximum absolute atomic E-state index is 10.8. The van der Waals surface area contributed by atoms with Crippen molar-refractivity contribution in [1.29, 1.82) is 0 Å². The molecule has 2 N–H and O–H groups in total. The van der Waals surface area contributed by atoms with Crippen LogP contribution in [0.3, 0.4) is 0 Å². The summed E-state index contributed by atoms with van der Waals surface area (Å²) in [5, 5.41) is 12.2. The smallest absolute Gasteiger partial charge is 0.335 e. The van der Waals surface area contributed by atoms with E-state index in [2.05, 4.69) is 14.9 Å². The summed E-state index contributed by atoms with van der Waals surface area (Å²) in [6.45, 7) is 2.79. The first-order chi connectivity index (χ1) is 10.2. The van der Waals surface area contributed by atoms with Crippen LogP contribution in [-0.2, 0) is 24.4 Å². The molecule has 0 spiro atoms. The van der Waals surface area contributed by atoms with Gasteiger partial charge in [0.05, 0.1) is 18.2 Å². The van der Waals surface area contributed by atoms with Gasteiger partial charge in [-0.2, -0.15) is 0 Å². The van der Waals surface area contributed by atoms with Gasteiger partial charge in [-0.25, -0.2) is 9.78 Å². The van der Waals surface area contributed by atoms with Crippen LogP contribution in [0.2, 0.25) is 0 Å². The van der Waals surface area contributed by atoms with Gasteiger partial charge in [-0.3, -0.25) is 0 Å². The molecule has 1 atom stereocenters. The molecular weight excluding hydrogens is 270 g/mol. The Balaban J connectivity index is 1.47. The molecule has 3 rings (SSSR count). The minimum atomic E-state index is -0.902. The summed E-state index contributed by atoms with van der Waals surface area (Å²) in [7, 11) is 0. The normalized spacial score (nSPS) is 17.4. The molecule has 0 bridgehead atoms. The number of carbonyl (C=O) groups is 1. The maximum atomic E-state index is 10.8. The molecule has 21 heavy (non-hydrogen) atoms. The van der Waals surface area contributed by atoms with Crippen molar-refractivity contribution in [2.75, 3.05) is 6.54 Å². The van der Waals surface area contributed by atoms with Gasteiger partial charge in [-0.05, 0) is 17.7 Å². The summed E-state index contributed by atoms with van der Waals surface area (Å²) >= 11 is 0. The van der Waals surface area contributed by atoms with Crippen molar-refractivity contribution in [2.45, 2.75) is 25.8 Å². The van der Waals surface area contributed by atoms with Crippen LogP contribution in [0.5, 0.6) is 0 Å². The zero-order chi connectivity index (χ0) is 14.7. The van der Waals surface area contributed by atoms with Crippen molar-refractivity contribution in [3.8, 4) is 0 Å². The summed E-state index contributed by atoms with van der Waals surface area (Å²) in [5.74, 6) is 0.0664. The Labute approximate surface area is 122 Å². The van der Waals surface area contributed by atoms with Gasteiger partial charge in [-0.1, -0.05) is 12.1 Å². The molecule has 1 aromatic carbocycles. The van der Waals surface area contributed by atoms with Gasteiger partial charge in [-0.15, -0.1) is 0 Å². The second kappa shape index (κ2) is 6.07. The molecule has 2 aromatic rings. The summed E-state index contributed by atoms with van der Waals surface area (Å²) in [4.78, 5) is 15.0. The average molecular weight is 287 g/mol. The number of hydrogen-bond acceptors (Lipinski definition) is 4. The van der Waals surface area contributed by atoms with Crippen LogP contribution < -0.4 is 5.32 Å². The Hall–Kier alpha value is -2.18. The first-order valence-electron chi connectivity index (χ1n) is 6.87. The fourth-order valence-electron chi connectivity index (χ4n) is 2.38. The molecular formula is C15H17N3O3. The Bertz CT molecular complexity index is 621. The summed E-state index contributed by atoms with van der Waals surface area (Å²) < 4.78 is 7.84. The topological polar surface area (TPSA) is 76.4 Å². The van der Waals surface area contributed by atoms with E-state index in [0.717, 1.165) is 24.5 Å².